The molecule has 0 saturated carbocycles. The molecule has 0 N–H and O–H groups in total. The lowest BCUT2D eigenvalue weighted by molar-refractivity contribution is 0.0754. The van der Waals surface area contributed by atoms with Gasteiger partial charge in [-0.25, -0.2) is 0 Å². The van der Waals surface area contributed by atoms with E-state index in [-0.39, 0.29) is 5.91 Å². The van der Waals surface area contributed by atoms with E-state index < -0.39 is 0 Å². The highest BCUT2D eigenvalue weighted by Crippen LogP contribution is 2.21. The zero-order valence-corrected chi connectivity index (χ0v) is 15.0. The Morgan fingerprint density at radius 2 is 1.81 bits per heavy atom. The van der Waals surface area contributed by atoms with Crippen LogP contribution >= 0.6 is 31.9 Å². The lowest BCUT2D eigenvalue weighted by Crippen LogP contribution is -2.32. The fourth-order valence-corrected chi connectivity index (χ4v) is 2.96. The first kappa shape index (κ1) is 16.2. The van der Waals surface area contributed by atoms with Gasteiger partial charge >= 0.3 is 0 Å². The van der Waals surface area contributed by atoms with Crippen molar-refractivity contribution in [2.75, 3.05) is 11.9 Å². The number of hydrogen-bond acceptors (Lipinski definition) is 1. The average molecular weight is 411 g/mol. The molecule has 0 radical (unpaired) electrons. The molecule has 0 aliphatic rings. The van der Waals surface area contributed by atoms with Crippen LogP contribution in [0.2, 0.25) is 0 Å². The van der Waals surface area contributed by atoms with E-state index in [9.17, 15) is 4.79 Å². The number of carbonyl (C=O) groups is 1. The molecular formula is C17H17Br2NO. The Kier molecular flexibility index (Phi) is 6.00. The van der Waals surface area contributed by atoms with Gasteiger partial charge in [-0.2, -0.15) is 0 Å². The number of benzene rings is 2. The van der Waals surface area contributed by atoms with Gasteiger partial charge in [0.1, 0.15) is 0 Å². The topological polar surface area (TPSA) is 20.3 Å². The molecule has 110 valence electrons. The smallest absolute Gasteiger partial charge is 0.254 e. The summed E-state index contributed by atoms with van der Waals surface area (Å²) in [6.07, 6.45) is 0. The molecular weight excluding hydrogens is 394 g/mol. The maximum atomic E-state index is 12.8. The molecule has 0 spiro atoms. The first-order valence-corrected chi connectivity index (χ1v) is 8.69. The summed E-state index contributed by atoms with van der Waals surface area (Å²) in [5.74, 6) is 0.0668. The zero-order chi connectivity index (χ0) is 15.2. The second-order valence-electron chi connectivity index (χ2n) is 4.81. The van der Waals surface area contributed by atoms with Crippen LogP contribution in [0.1, 0.15) is 21.5 Å². The van der Waals surface area contributed by atoms with E-state index in [2.05, 4.69) is 31.9 Å². The molecule has 2 aromatic rings. The van der Waals surface area contributed by atoms with Gasteiger partial charge in [-0.3, -0.25) is 4.79 Å². The van der Waals surface area contributed by atoms with Gasteiger partial charge in [0.15, 0.2) is 0 Å². The van der Waals surface area contributed by atoms with Crippen LogP contribution in [0.25, 0.3) is 0 Å². The van der Waals surface area contributed by atoms with Gasteiger partial charge < -0.3 is 4.90 Å². The van der Waals surface area contributed by atoms with Crippen molar-refractivity contribution < 1.29 is 4.79 Å². The van der Waals surface area contributed by atoms with E-state index >= 15 is 0 Å². The molecule has 21 heavy (non-hydrogen) atoms. The quantitative estimate of drug-likeness (QED) is 0.648. The van der Waals surface area contributed by atoms with Crippen LogP contribution in [0, 0.1) is 6.92 Å². The molecule has 2 aromatic carbocycles. The summed E-state index contributed by atoms with van der Waals surface area (Å²) in [5.41, 5.74) is 2.87. The molecule has 0 unspecified atom stereocenters. The Hall–Kier alpha value is -1.13. The van der Waals surface area contributed by atoms with Crippen molar-refractivity contribution in [2.24, 2.45) is 0 Å². The van der Waals surface area contributed by atoms with E-state index in [1.54, 1.807) is 0 Å². The van der Waals surface area contributed by atoms with E-state index in [0.29, 0.717) is 13.1 Å². The third-order valence-corrected chi connectivity index (χ3v) is 4.57. The van der Waals surface area contributed by atoms with E-state index in [1.807, 2.05) is 60.4 Å². The molecule has 0 aliphatic carbocycles. The third kappa shape index (κ3) is 4.17. The largest absolute Gasteiger partial charge is 0.333 e. The third-order valence-electron chi connectivity index (χ3n) is 3.36. The zero-order valence-electron chi connectivity index (χ0n) is 11.9. The summed E-state index contributed by atoms with van der Waals surface area (Å²) in [7, 11) is 0. The monoisotopic (exact) mass is 409 g/mol. The first-order chi connectivity index (χ1) is 10.1. The minimum absolute atomic E-state index is 0.0668. The minimum atomic E-state index is 0.0668. The van der Waals surface area contributed by atoms with Gasteiger partial charge in [-0.1, -0.05) is 68.3 Å². The maximum Gasteiger partial charge on any atom is 0.254 e. The van der Waals surface area contributed by atoms with Crippen molar-refractivity contribution in [3.63, 3.8) is 0 Å². The number of halogens is 2. The van der Waals surface area contributed by atoms with Gasteiger partial charge in [0.2, 0.25) is 0 Å². The van der Waals surface area contributed by atoms with Crippen LogP contribution in [0.3, 0.4) is 0 Å². The molecule has 0 fully saturated rings. The lowest BCUT2D eigenvalue weighted by atomic mass is 10.1. The van der Waals surface area contributed by atoms with E-state index in [4.69, 9.17) is 0 Å². The summed E-state index contributed by atoms with van der Waals surface area (Å²) in [4.78, 5) is 14.7. The van der Waals surface area contributed by atoms with E-state index in [1.165, 1.54) is 0 Å². The van der Waals surface area contributed by atoms with Crippen molar-refractivity contribution in [2.45, 2.75) is 13.5 Å². The van der Waals surface area contributed by atoms with E-state index in [0.717, 1.165) is 26.5 Å². The number of alkyl halides is 1. The predicted octanol–water partition coefficient (Wildman–Crippen LogP) is 4.79. The number of nitrogens with zero attached hydrogens (tertiary/aromatic N) is 1. The predicted molar refractivity (Wildman–Crippen MR) is 93.9 cm³/mol. The molecule has 1 amide bonds. The molecule has 0 aromatic heterocycles. The first-order valence-electron chi connectivity index (χ1n) is 6.77. The summed E-state index contributed by atoms with van der Waals surface area (Å²) < 4.78 is 0.965. The van der Waals surface area contributed by atoms with Crippen molar-refractivity contribution in [1.29, 1.82) is 0 Å². The van der Waals surface area contributed by atoms with Gasteiger partial charge in [0, 0.05) is 28.5 Å². The second kappa shape index (κ2) is 7.76. The fourth-order valence-electron chi connectivity index (χ4n) is 2.17. The lowest BCUT2D eigenvalue weighted by Gasteiger charge is -2.23. The summed E-state index contributed by atoms with van der Waals surface area (Å²) in [6.45, 7) is 3.27. The van der Waals surface area contributed by atoms with Crippen molar-refractivity contribution >= 4 is 37.8 Å². The molecule has 0 saturated heterocycles. The number of hydrogen-bond donors (Lipinski definition) is 0. The van der Waals surface area contributed by atoms with Crippen molar-refractivity contribution in [3.05, 3.63) is 69.7 Å². The van der Waals surface area contributed by atoms with Crippen molar-refractivity contribution in [1.82, 2.24) is 4.90 Å². The van der Waals surface area contributed by atoms with Gasteiger partial charge in [-0.05, 0) is 30.2 Å². The van der Waals surface area contributed by atoms with Crippen LogP contribution in [-0.4, -0.2) is 22.7 Å². The highest BCUT2D eigenvalue weighted by molar-refractivity contribution is 9.10. The molecule has 0 heterocycles. The highest BCUT2D eigenvalue weighted by atomic mass is 79.9. The normalized spacial score (nSPS) is 10.4. The molecule has 0 atom stereocenters. The summed E-state index contributed by atoms with van der Waals surface area (Å²) in [5, 5.41) is 0.763. The van der Waals surface area contributed by atoms with Crippen LogP contribution < -0.4 is 0 Å². The number of amides is 1. The number of carbonyl (C=O) groups excluding carboxylic acids is 1. The standard InChI is InChI=1S/C17H17Br2NO/c1-13-15(8-5-9-16(13)19)17(21)20(11-10-18)12-14-6-3-2-4-7-14/h2-9H,10-12H2,1H3. The summed E-state index contributed by atoms with van der Waals surface area (Å²) in [6, 6.07) is 15.8. The van der Waals surface area contributed by atoms with Crippen LogP contribution in [0.5, 0.6) is 0 Å². The van der Waals surface area contributed by atoms with Crippen LogP contribution in [0.4, 0.5) is 0 Å². The molecule has 0 aliphatic heterocycles. The Morgan fingerprint density at radius 3 is 2.48 bits per heavy atom. The number of rotatable bonds is 5. The molecule has 4 heteroatoms. The Balaban J connectivity index is 2.25. The molecule has 0 bridgehead atoms. The maximum absolute atomic E-state index is 12.8. The Labute approximate surface area is 142 Å². The van der Waals surface area contributed by atoms with Gasteiger partial charge in [0.05, 0.1) is 0 Å². The Bertz CT molecular complexity index is 613. The summed E-state index contributed by atoms with van der Waals surface area (Å²) >= 11 is 6.92. The van der Waals surface area contributed by atoms with Gasteiger partial charge in [0.25, 0.3) is 5.91 Å². The fraction of sp³-hybridized carbons (Fsp3) is 0.235. The minimum Gasteiger partial charge on any atom is -0.333 e. The second-order valence-corrected chi connectivity index (χ2v) is 6.46. The Morgan fingerprint density at radius 1 is 1.10 bits per heavy atom. The van der Waals surface area contributed by atoms with Crippen LogP contribution in [-0.2, 0) is 6.54 Å². The van der Waals surface area contributed by atoms with Crippen LogP contribution in [0.15, 0.2) is 53.0 Å². The SMILES string of the molecule is Cc1c(Br)cccc1C(=O)N(CCBr)Cc1ccccc1. The highest BCUT2D eigenvalue weighted by Gasteiger charge is 2.18. The van der Waals surface area contributed by atoms with Gasteiger partial charge in [-0.15, -0.1) is 0 Å². The molecule has 2 nitrogen and oxygen atoms in total. The average Bonchev–Trinajstić information content (AvgIpc) is 2.50. The molecule has 2 rings (SSSR count). The van der Waals surface area contributed by atoms with Crippen molar-refractivity contribution in [3.8, 4) is 0 Å².